The largest absolute Gasteiger partial charge is 0.480 e. The Hall–Kier alpha value is -2.37. The number of hydrogen-bond acceptors (Lipinski definition) is 3. The second kappa shape index (κ2) is 9.20. The van der Waals surface area contributed by atoms with E-state index in [1.807, 2.05) is 30.3 Å². The molecule has 0 spiro atoms. The van der Waals surface area contributed by atoms with Gasteiger partial charge in [-0.05, 0) is 31.2 Å². The van der Waals surface area contributed by atoms with Gasteiger partial charge in [-0.15, -0.1) is 0 Å². The third-order valence-electron chi connectivity index (χ3n) is 4.71. The number of aryl methyl sites for hydroxylation is 1. The van der Waals surface area contributed by atoms with Crippen molar-refractivity contribution < 1.29 is 19.5 Å². The van der Waals surface area contributed by atoms with Gasteiger partial charge in [-0.2, -0.15) is 0 Å². The van der Waals surface area contributed by atoms with Gasteiger partial charge in [-0.1, -0.05) is 37.3 Å². The molecule has 1 heterocycles. The summed E-state index contributed by atoms with van der Waals surface area (Å²) in [5.74, 6) is -1.33. The minimum absolute atomic E-state index is 0.111. The lowest BCUT2D eigenvalue weighted by atomic mass is 9.95. The van der Waals surface area contributed by atoms with Gasteiger partial charge in [-0.3, -0.25) is 9.59 Å². The maximum atomic E-state index is 12.3. The van der Waals surface area contributed by atoms with Crippen molar-refractivity contribution in [3.63, 3.8) is 0 Å². The second-order valence-electron chi connectivity index (χ2n) is 6.45. The topological polar surface area (TPSA) is 86.7 Å². The number of piperidine rings is 1. The minimum Gasteiger partial charge on any atom is -0.480 e. The van der Waals surface area contributed by atoms with Crippen LogP contribution in [0.3, 0.4) is 0 Å². The maximum Gasteiger partial charge on any atom is 0.326 e. The van der Waals surface area contributed by atoms with Crippen LogP contribution in [-0.4, -0.2) is 46.9 Å². The zero-order valence-electron chi connectivity index (χ0n) is 14.6. The Kier molecular flexibility index (Phi) is 6.98. The molecule has 1 aliphatic rings. The number of carbonyl (C=O) groups is 3. The molecule has 2 rings (SSSR count). The molecule has 0 bridgehead atoms. The van der Waals surface area contributed by atoms with Crippen molar-refractivity contribution in [3.05, 3.63) is 35.9 Å². The van der Waals surface area contributed by atoms with Crippen LogP contribution in [0.2, 0.25) is 0 Å². The van der Waals surface area contributed by atoms with Crippen molar-refractivity contribution in [2.45, 2.75) is 45.1 Å². The van der Waals surface area contributed by atoms with Crippen molar-refractivity contribution >= 4 is 17.8 Å². The van der Waals surface area contributed by atoms with E-state index in [9.17, 15) is 14.4 Å². The Morgan fingerprint density at radius 1 is 1.20 bits per heavy atom. The van der Waals surface area contributed by atoms with Crippen LogP contribution in [-0.2, 0) is 20.8 Å². The molecular formula is C19H26N2O4. The normalized spacial score (nSPS) is 16.3. The Balaban J connectivity index is 1.75. The molecule has 25 heavy (non-hydrogen) atoms. The quantitative estimate of drug-likeness (QED) is 0.789. The van der Waals surface area contributed by atoms with Gasteiger partial charge in [0.1, 0.15) is 6.04 Å². The summed E-state index contributed by atoms with van der Waals surface area (Å²) in [5.41, 5.74) is 1.14. The lowest BCUT2D eigenvalue weighted by Crippen LogP contribution is -2.47. The smallest absolute Gasteiger partial charge is 0.326 e. The number of carboxylic acids is 1. The highest BCUT2D eigenvalue weighted by Crippen LogP contribution is 2.19. The van der Waals surface area contributed by atoms with Crippen LogP contribution in [0.25, 0.3) is 0 Å². The van der Waals surface area contributed by atoms with Gasteiger partial charge >= 0.3 is 5.97 Å². The number of amides is 2. The molecule has 1 atom stereocenters. The summed E-state index contributed by atoms with van der Waals surface area (Å²) in [6, 6.07) is 9.06. The minimum atomic E-state index is -1.01. The lowest BCUT2D eigenvalue weighted by Gasteiger charge is -2.32. The van der Waals surface area contributed by atoms with Crippen LogP contribution in [0.1, 0.15) is 38.2 Å². The molecule has 136 valence electrons. The summed E-state index contributed by atoms with van der Waals surface area (Å²) >= 11 is 0. The lowest BCUT2D eigenvalue weighted by molar-refractivity contribution is -0.143. The number of nitrogens with zero attached hydrogens (tertiary/aromatic N) is 1. The third kappa shape index (κ3) is 5.59. The van der Waals surface area contributed by atoms with Gasteiger partial charge in [0.05, 0.1) is 0 Å². The molecule has 0 aromatic heterocycles. The summed E-state index contributed by atoms with van der Waals surface area (Å²) in [4.78, 5) is 37.3. The van der Waals surface area contributed by atoms with E-state index in [0.29, 0.717) is 38.8 Å². The SMILES string of the molecule is CCC(NC(=O)C1CCN(C(=O)CCc2ccccc2)CC1)C(=O)O. The van der Waals surface area contributed by atoms with Crippen LogP contribution < -0.4 is 5.32 Å². The van der Waals surface area contributed by atoms with Crippen molar-refractivity contribution in [3.8, 4) is 0 Å². The molecule has 1 fully saturated rings. The number of hydrogen-bond donors (Lipinski definition) is 2. The van der Waals surface area contributed by atoms with E-state index >= 15 is 0 Å². The molecular weight excluding hydrogens is 320 g/mol. The Labute approximate surface area is 148 Å². The van der Waals surface area contributed by atoms with Gasteiger partial charge in [0.15, 0.2) is 0 Å². The molecule has 1 aromatic carbocycles. The highest BCUT2D eigenvalue weighted by Gasteiger charge is 2.29. The Morgan fingerprint density at radius 2 is 1.84 bits per heavy atom. The standard InChI is InChI=1S/C19H26N2O4/c1-2-16(19(24)25)20-18(23)15-10-12-21(13-11-15)17(22)9-8-14-6-4-3-5-7-14/h3-7,15-16H,2,8-13H2,1H3,(H,20,23)(H,24,25). The first-order chi connectivity index (χ1) is 12.0. The summed E-state index contributed by atoms with van der Waals surface area (Å²) in [6.07, 6.45) is 2.71. The first-order valence-electron chi connectivity index (χ1n) is 8.86. The van der Waals surface area contributed by atoms with E-state index in [2.05, 4.69) is 5.32 Å². The third-order valence-corrected chi connectivity index (χ3v) is 4.71. The van der Waals surface area contributed by atoms with Crippen molar-refractivity contribution in [2.75, 3.05) is 13.1 Å². The van der Waals surface area contributed by atoms with Gasteiger partial charge in [0.25, 0.3) is 0 Å². The average molecular weight is 346 g/mol. The second-order valence-corrected chi connectivity index (χ2v) is 6.45. The molecule has 6 heteroatoms. The zero-order valence-corrected chi connectivity index (χ0v) is 14.6. The zero-order chi connectivity index (χ0) is 18.2. The molecule has 1 saturated heterocycles. The predicted octanol–water partition coefficient (Wildman–Crippen LogP) is 1.84. The summed E-state index contributed by atoms with van der Waals surface area (Å²) in [7, 11) is 0. The number of aliphatic carboxylic acids is 1. The van der Waals surface area contributed by atoms with E-state index in [1.54, 1.807) is 11.8 Å². The van der Waals surface area contributed by atoms with Crippen molar-refractivity contribution in [1.82, 2.24) is 10.2 Å². The van der Waals surface area contributed by atoms with Crippen molar-refractivity contribution in [1.29, 1.82) is 0 Å². The fraction of sp³-hybridized carbons (Fsp3) is 0.526. The maximum absolute atomic E-state index is 12.3. The number of nitrogens with one attached hydrogen (secondary N) is 1. The Morgan fingerprint density at radius 3 is 2.40 bits per heavy atom. The van der Waals surface area contributed by atoms with Crippen molar-refractivity contribution in [2.24, 2.45) is 5.92 Å². The van der Waals surface area contributed by atoms with E-state index < -0.39 is 12.0 Å². The number of carboxylic acid groups (broad SMARTS) is 1. The van der Waals surface area contributed by atoms with Crippen LogP contribution >= 0.6 is 0 Å². The summed E-state index contributed by atoms with van der Waals surface area (Å²) in [5, 5.41) is 11.6. The first-order valence-corrected chi connectivity index (χ1v) is 8.86. The molecule has 2 amide bonds. The first kappa shape index (κ1) is 19.0. The molecule has 1 aromatic rings. The molecule has 0 aliphatic carbocycles. The summed E-state index contributed by atoms with van der Waals surface area (Å²) in [6.45, 7) is 2.83. The van der Waals surface area contributed by atoms with Gasteiger partial charge in [-0.25, -0.2) is 4.79 Å². The monoisotopic (exact) mass is 346 g/mol. The molecule has 0 radical (unpaired) electrons. The van der Waals surface area contributed by atoms with Crippen LogP contribution in [0, 0.1) is 5.92 Å². The fourth-order valence-electron chi connectivity index (χ4n) is 3.07. The van der Waals surface area contributed by atoms with Crippen LogP contribution in [0.15, 0.2) is 30.3 Å². The molecule has 0 saturated carbocycles. The molecule has 1 unspecified atom stereocenters. The van der Waals surface area contributed by atoms with Gasteiger partial charge < -0.3 is 15.3 Å². The van der Waals surface area contributed by atoms with E-state index in [4.69, 9.17) is 5.11 Å². The molecule has 1 aliphatic heterocycles. The number of benzene rings is 1. The van der Waals surface area contributed by atoms with Crippen LogP contribution in [0.4, 0.5) is 0 Å². The molecule has 2 N–H and O–H groups in total. The van der Waals surface area contributed by atoms with Crippen LogP contribution in [0.5, 0.6) is 0 Å². The highest BCUT2D eigenvalue weighted by molar-refractivity contribution is 5.85. The summed E-state index contributed by atoms with van der Waals surface area (Å²) < 4.78 is 0. The van der Waals surface area contributed by atoms with Gasteiger partial charge in [0.2, 0.25) is 11.8 Å². The number of rotatable bonds is 7. The average Bonchev–Trinajstić information content (AvgIpc) is 2.64. The van der Waals surface area contributed by atoms with E-state index in [-0.39, 0.29) is 17.7 Å². The molecule has 6 nitrogen and oxygen atoms in total. The Bertz CT molecular complexity index is 595. The van der Waals surface area contributed by atoms with E-state index in [1.165, 1.54) is 0 Å². The fourth-order valence-corrected chi connectivity index (χ4v) is 3.07. The van der Waals surface area contributed by atoms with Gasteiger partial charge in [0, 0.05) is 25.4 Å². The number of carbonyl (C=O) groups excluding carboxylic acids is 2. The van der Waals surface area contributed by atoms with E-state index in [0.717, 1.165) is 12.0 Å². The number of likely N-dealkylation sites (tertiary alicyclic amines) is 1. The predicted molar refractivity (Wildman–Crippen MR) is 93.9 cm³/mol. The highest BCUT2D eigenvalue weighted by atomic mass is 16.4.